The van der Waals surface area contributed by atoms with Crippen LogP contribution in [-0.2, 0) is 16.0 Å². The molecule has 0 bridgehead atoms. The van der Waals surface area contributed by atoms with Crippen molar-refractivity contribution in [2.24, 2.45) is 0 Å². The van der Waals surface area contributed by atoms with Crippen LogP contribution >= 0.6 is 0 Å². The van der Waals surface area contributed by atoms with E-state index in [0.29, 0.717) is 6.42 Å². The minimum Gasteiger partial charge on any atom is -0.370 e. The lowest BCUT2D eigenvalue weighted by Gasteiger charge is -2.34. The fourth-order valence-electron chi connectivity index (χ4n) is 2.55. The maximum absolute atomic E-state index is 12.4. The highest BCUT2D eigenvalue weighted by Crippen LogP contribution is 2.32. The summed E-state index contributed by atoms with van der Waals surface area (Å²) in [6.07, 6.45) is 7.20. The van der Waals surface area contributed by atoms with E-state index in [1.165, 1.54) is 6.42 Å². The van der Waals surface area contributed by atoms with Crippen LogP contribution in [0.2, 0.25) is 0 Å². The van der Waals surface area contributed by atoms with Crippen LogP contribution in [0.4, 0.5) is 0 Å². The molecule has 3 heteroatoms. The van der Waals surface area contributed by atoms with E-state index in [9.17, 15) is 4.79 Å². The molecule has 1 aromatic rings. The van der Waals surface area contributed by atoms with Crippen molar-refractivity contribution in [2.45, 2.75) is 44.1 Å². The molecule has 1 saturated carbocycles. The summed E-state index contributed by atoms with van der Waals surface area (Å²) in [7, 11) is 1.65. The van der Waals surface area contributed by atoms with Gasteiger partial charge in [0.05, 0.1) is 6.42 Å². The van der Waals surface area contributed by atoms with Crippen molar-refractivity contribution in [3.05, 3.63) is 30.1 Å². The number of nitrogens with zero attached hydrogens (tertiary/aromatic N) is 1. The monoisotopic (exact) mass is 233 g/mol. The molecule has 3 nitrogen and oxygen atoms in total. The molecule has 0 amide bonds. The summed E-state index contributed by atoms with van der Waals surface area (Å²) in [6.45, 7) is 0. The number of aromatic nitrogens is 1. The van der Waals surface area contributed by atoms with Gasteiger partial charge in [0.1, 0.15) is 5.60 Å². The lowest BCUT2D eigenvalue weighted by molar-refractivity contribution is -0.144. The second-order valence-corrected chi connectivity index (χ2v) is 4.68. The number of ether oxygens (including phenoxy) is 1. The molecule has 17 heavy (non-hydrogen) atoms. The van der Waals surface area contributed by atoms with Crippen LogP contribution in [0.3, 0.4) is 0 Å². The molecule has 0 spiro atoms. The van der Waals surface area contributed by atoms with E-state index in [2.05, 4.69) is 4.98 Å². The van der Waals surface area contributed by atoms with Crippen molar-refractivity contribution in [2.75, 3.05) is 7.11 Å². The van der Waals surface area contributed by atoms with Gasteiger partial charge in [-0.3, -0.25) is 9.78 Å². The van der Waals surface area contributed by atoms with Gasteiger partial charge in [0.25, 0.3) is 0 Å². The number of hydrogen-bond donors (Lipinski definition) is 0. The van der Waals surface area contributed by atoms with Gasteiger partial charge in [-0.2, -0.15) is 0 Å². The molecule has 1 aliphatic carbocycles. The Bertz CT molecular complexity index is 369. The predicted octanol–water partition coefficient (Wildman–Crippen LogP) is 2.54. The smallest absolute Gasteiger partial charge is 0.170 e. The Labute approximate surface area is 102 Å². The zero-order valence-electron chi connectivity index (χ0n) is 10.3. The average molecular weight is 233 g/mol. The average Bonchev–Trinajstić information content (AvgIpc) is 2.40. The van der Waals surface area contributed by atoms with Gasteiger partial charge in [-0.05, 0) is 25.0 Å². The summed E-state index contributed by atoms with van der Waals surface area (Å²) in [5, 5.41) is 0. The van der Waals surface area contributed by atoms with E-state index in [1.807, 2.05) is 18.2 Å². The number of Topliss-reactive ketones (excluding diaryl/α,β-unsaturated/α-hetero) is 1. The molecule has 0 aliphatic heterocycles. The molecular formula is C14H19NO2. The van der Waals surface area contributed by atoms with Gasteiger partial charge in [-0.25, -0.2) is 0 Å². The maximum atomic E-state index is 12.4. The first kappa shape index (κ1) is 12.2. The van der Waals surface area contributed by atoms with Gasteiger partial charge in [-0.1, -0.05) is 25.3 Å². The second kappa shape index (κ2) is 5.41. The quantitative estimate of drug-likeness (QED) is 0.802. The van der Waals surface area contributed by atoms with Gasteiger partial charge < -0.3 is 4.74 Å². The minimum atomic E-state index is -0.546. The molecule has 2 rings (SSSR count). The lowest BCUT2D eigenvalue weighted by atomic mass is 9.80. The van der Waals surface area contributed by atoms with Crippen molar-refractivity contribution in [1.82, 2.24) is 4.98 Å². The Hall–Kier alpha value is -1.22. The van der Waals surface area contributed by atoms with Gasteiger partial charge in [0, 0.05) is 19.0 Å². The van der Waals surface area contributed by atoms with E-state index < -0.39 is 5.60 Å². The number of pyridine rings is 1. The fraction of sp³-hybridized carbons (Fsp3) is 0.571. The van der Waals surface area contributed by atoms with Gasteiger partial charge >= 0.3 is 0 Å². The van der Waals surface area contributed by atoms with Gasteiger partial charge in [0.2, 0.25) is 0 Å². The van der Waals surface area contributed by atoms with Crippen molar-refractivity contribution in [1.29, 1.82) is 0 Å². The van der Waals surface area contributed by atoms with E-state index in [4.69, 9.17) is 4.74 Å². The Morgan fingerprint density at radius 3 is 2.71 bits per heavy atom. The molecule has 0 aromatic carbocycles. The van der Waals surface area contributed by atoms with E-state index in [1.54, 1.807) is 13.3 Å². The highest BCUT2D eigenvalue weighted by Gasteiger charge is 2.38. The molecule has 1 fully saturated rings. The number of methoxy groups -OCH3 is 1. The van der Waals surface area contributed by atoms with Crippen LogP contribution in [0.25, 0.3) is 0 Å². The van der Waals surface area contributed by atoms with E-state index in [0.717, 1.165) is 31.4 Å². The largest absolute Gasteiger partial charge is 0.370 e. The number of carbonyl (C=O) groups is 1. The maximum Gasteiger partial charge on any atom is 0.170 e. The minimum absolute atomic E-state index is 0.179. The number of hydrogen-bond acceptors (Lipinski definition) is 3. The molecular weight excluding hydrogens is 214 g/mol. The van der Waals surface area contributed by atoms with Crippen molar-refractivity contribution < 1.29 is 9.53 Å². The molecule has 1 aliphatic rings. The number of ketones is 1. The summed E-state index contributed by atoms with van der Waals surface area (Å²) in [6, 6.07) is 5.67. The van der Waals surface area contributed by atoms with Crippen molar-refractivity contribution in [3.8, 4) is 0 Å². The molecule has 0 atom stereocenters. The molecule has 0 N–H and O–H groups in total. The molecule has 92 valence electrons. The van der Waals surface area contributed by atoms with Crippen LogP contribution in [-0.4, -0.2) is 23.5 Å². The molecule has 0 unspecified atom stereocenters. The summed E-state index contributed by atoms with van der Waals surface area (Å²) >= 11 is 0. The summed E-state index contributed by atoms with van der Waals surface area (Å²) < 4.78 is 5.54. The normalized spacial score (nSPS) is 18.9. The molecule has 0 saturated heterocycles. The lowest BCUT2D eigenvalue weighted by Crippen LogP contribution is -2.43. The summed E-state index contributed by atoms with van der Waals surface area (Å²) in [4.78, 5) is 16.6. The predicted molar refractivity (Wildman–Crippen MR) is 65.8 cm³/mol. The highest BCUT2D eigenvalue weighted by atomic mass is 16.5. The Morgan fingerprint density at radius 1 is 1.35 bits per heavy atom. The third-order valence-corrected chi connectivity index (χ3v) is 3.63. The summed E-state index contributed by atoms with van der Waals surface area (Å²) in [5.74, 6) is 0.179. The Kier molecular flexibility index (Phi) is 3.89. The van der Waals surface area contributed by atoms with E-state index in [-0.39, 0.29) is 5.78 Å². The van der Waals surface area contributed by atoms with Crippen LogP contribution in [0.15, 0.2) is 24.4 Å². The van der Waals surface area contributed by atoms with Gasteiger partial charge in [0.15, 0.2) is 5.78 Å². The van der Waals surface area contributed by atoms with Crippen LogP contribution in [0.5, 0.6) is 0 Å². The molecule has 1 aromatic heterocycles. The Morgan fingerprint density at radius 2 is 2.12 bits per heavy atom. The first-order chi connectivity index (χ1) is 8.27. The topological polar surface area (TPSA) is 39.2 Å². The zero-order chi connectivity index (χ0) is 12.1. The standard InChI is InChI=1S/C14H19NO2/c1-17-14(8-4-2-5-9-14)13(16)11-12-7-3-6-10-15-12/h3,6-7,10H,2,4-5,8-9,11H2,1H3. The molecule has 0 radical (unpaired) electrons. The third-order valence-electron chi connectivity index (χ3n) is 3.63. The van der Waals surface area contributed by atoms with Gasteiger partial charge in [-0.15, -0.1) is 0 Å². The Balaban J connectivity index is 2.07. The SMILES string of the molecule is COC1(C(=O)Cc2ccccn2)CCCCC1. The number of rotatable bonds is 4. The van der Waals surface area contributed by atoms with Crippen LogP contribution in [0, 0.1) is 0 Å². The second-order valence-electron chi connectivity index (χ2n) is 4.68. The van der Waals surface area contributed by atoms with Crippen LogP contribution < -0.4 is 0 Å². The van der Waals surface area contributed by atoms with Crippen LogP contribution in [0.1, 0.15) is 37.8 Å². The van der Waals surface area contributed by atoms with Crippen molar-refractivity contribution >= 4 is 5.78 Å². The fourth-order valence-corrected chi connectivity index (χ4v) is 2.55. The molecule has 1 heterocycles. The summed E-state index contributed by atoms with van der Waals surface area (Å²) in [5.41, 5.74) is 0.287. The highest BCUT2D eigenvalue weighted by molar-refractivity contribution is 5.89. The number of carbonyl (C=O) groups excluding carboxylic acids is 1. The first-order valence-corrected chi connectivity index (χ1v) is 6.25. The third kappa shape index (κ3) is 2.72. The zero-order valence-corrected chi connectivity index (χ0v) is 10.3. The van der Waals surface area contributed by atoms with Crippen molar-refractivity contribution in [3.63, 3.8) is 0 Å². The van der Waals surface area contributed by atoms with E-state index >= 15 is 0 Å². The first-order valence-electron chi connectivity index (χ1n) is 6.25.